The molecular weight excluding hydrogens is 434 g/mol. The molecule has 0 bridgehead atoms. The summed E-state index contributed by atoms with van der Waals surface area (Å²) in [5.41, 5.74) is 6.93. The predicted octanol–water partition coefficient (Wildman–Crippen LogP) is 2.52. The molecule has 0 unspecified atom stereocenters. The number of rotatable bonds is 8. The van der Waals surface area contributed by atoms with Crippen molar-refractivity contribution in [2.75, 3.05) is 28.6 Å². The van der Waals surface area contributed by atoms with Gasteiger partial charge in [-0.3, -0.25) is 23.9 Å². The summed E-state index contributed by atoms with van der Waals surface area (Å²) in [5, 5.41) is 0. The van der Waals surface area contributed by atoms with Crippen LogP contribution >= 0.6 is 0 Å². The third kappa shape index (κ3) is 5.58. The van der Waals surface area contributed by atoms with Gasteiger partial charge in [0.1, 0.15) is 5.82 Å². The Bertz CT molecular complexity index is 1160. The summed E-state index contributed by atoms with van der Waals surface area (Å²) >= 11 is 0. The number of carbonyl (C=O) groups excluding carboxylic acids is 2. The number of nitrogens with two attached hydrogens (primary N) is 1. The molecule has 3 N–H and O–H groups in total. The van der Waals surface area contributed by atoms with Gasteiger partial charge < -0.3 is 15.5 Å². The number of nitrogens with one attached hydrogen (secondary N) is 1. The fourth-order valence-electron chi connectivity index (χ4n) is 4.34. The number of benzene rings is 1. The first-order chi connectivity index (χ1) is 16.1. The Kier molecular flexibility index (Phi) is 7.96. The molecule has 1 aliphatic heterocycles. The number of carbonyl (C=O) groups is 2. The van der Waals surface area contributed by atoms with Gasteiger partial charge in [-0.25, -0.2) is 4.79 Å². The van der Waals surface area contributed by atoms with Crippen LogP contribution in [-0.4, -0.2) is 34.5 Å². The molecule has 3 rings (SSSR count). The van der Waals surface area contributed by atoms with Gasteiger partial charge in [-0.05, 0) is 36.3 Å². The standard InChI is InChI=1S/C25H35N5O4/c1-16(2)14-29(22-23(26)30(15-17(3)4)25(34)27-24(22)33)21(32)12-11-20(31)28-13-7-9-18-8-5-6-10-19(18)28/h5-6,8,10,16-17H,7,9,11-15,26H2,1-4H3,(H,27,33,34). The van der Waals surface area contributed by atoms with Gasteiger partial charge in [0, 0.05) is 38.2 Å². The van der Waals surface area contributed by atoms with Crippen molar-refractivity contribution in [3.63, 3.8) is 0 Å². The van der Waals surface area contributed by atoms with Crippen molar-refractivity contribution >= 4 is 29.0 Å². The number of aromatic nitrogens is 2. The number of aromatic amines is 1. The fraction of sp³-hybridized carbons (Fsp3) is 0.520. The lowest BCUT2D eigenvalue weighted by atomic mass is 10.0. The Hall–Kier alpha value is -3.36. The van der Waals surface area contributed by atoms with Crippen molar-refractivity contribution in [1.29, 1.82) is 0 Å². The van der Waals surface area contributed by atoms with E-state index in [1.165, 1.54) is 9.47 Å². The normalized spacial score (nSPS) is 13.3. The van der Waals surface area contributed by atoms with Crippen LogP contribution in [0.4, 0.5) is 17.2 Å². The van der Waals surface area contributed by atoms with Crippen LogP contribution < -0.4 is 26.8 Å². The molecule has 1 aromatic heterocycles. The second-order valence-electron chi connectivity index (χ2n) is 9.67. The Morgan fingerprint density at radius 1 is 1.09 bits per heavy atom. The van der Waals surface area contributed by atoms with Crippen molar-refractivity contribution in [3.8, 4) is 0 Å². The average molecular weight is 470 g/mol. The smallest absolute Gasteiger partial charge is 0.330 e. The molecule has 2 heterocycles. The van der Waals surface area contributed by atoms with Crippen molar-refractivity contribution < 1.29 is 9.59 Å². The van der Waals surface area contributed by atoms with Gasteiger partial charge in [0.15, 0.2) is 5.69 Å². The van der Waals surface area contributed by atoms with Gasteiger partial charge in [-0.2, -0.15) is 0 Å². The number of fused-ring (bicyclic) bond motifs is 1. The number of anilines is 3. The molecule has 9 heteroatoms. The van der Waals surface area contributed by atoms with E-state index in [4.69, 9.17) is 5.73 Å². The predicted molar refractivity (Wildman–Crippen MR) is 134 cm³/mol. The number of para-hydroxylation sites is 1. The first-order valence-corrected chi connectivity index (χ1v) is 11.9. The highest BCUT2D eigenvalue weighted by molar-refractivity contribution is 6.00. The summed E-state index contributed by atoms with van der Waals surface area (Å²) < 4.78 is 1.29. The minimum absolute atomic E-state index is 0.0191. The van der Waals surface area contributed by atoms with Crippen molar-refractivity contribution in [3.05, 3.63) is 50.7 Å². The summed E-state index contributed by atoms with van der Waals surface area (Å²) in [6.07, 6.45) is 1.76. The van der Waals surface area contributed by atoms with E-state index in [0.717, 1.165) is 24.1 Å². The zero-order chi connectivity index (χ0) is 25.0. The van der Waals surface area contributed by atoms with E-state index in [-0.39, 0.29) is 54.5 Å². The summed E-state index contributed by atoms with van der Waals surface area (Å²) in [5.74, 6) is -0.389. The van der Waals surface area contributed by atoms with Crippen LogP contribution in [0.1, 0.15) is 52.5 Å². The highest BCUT2D eigenvalue weighted by Crippen LogP contribution is 2.28. The molecule has 0 aliphatic carbocycles. The number of nitrogen functional groups attached to an aromatic ring is 1. The lowest BCUT2D eigenvalue weighted by Gasteiger charge is -2.30. The lowest BCUT2D eigenvalue weighted by molar-refractivity contribution is -0.123. The summed E-state index contributed by atoms with van der Waals surface area (Å²) in [7, 11) is 0. The molecular formula is C25H35N5O4. The van der Waals surface area contributed by atoms with Gasteiger partial charge in [0.05, 0.1) is 0 Å². The first-order valence-electron chi connectivity index (χ1n) is 11.9. The molecule has 9 nitrogen and oxygen atoms in total. The monoisotopic (exact) mass is 469 g/mol. The number of amides is 2. The van der Waals surface area contributed by atoms with Crippen LogP contribution in [0.25, 0.3) is 0 Å². The van der Waals surface area contributed by atoms with E-state index in [0.29, 0.717) is 13.1 Å². The minimum Gasteiger partial charge on any atom is -0.383 e. The van der Waals surface area contributed by atoms with E-state index in [1.807, 2.05) is 52.0 Å². The van der Waals surface area contributed by atoms with Gasteiger partial charge in [-0.15, -0.1) is 0 Å². The molecule has 184 valence electrons. The molecule has 0 atom stereocenters. The van der Waals surface area contributed by atoms with Crippen LogP contribution in [-0.2, 0) is 22.6 Å². The third-order valence-corrected chi connectivity index (χ3v) is 5.84. The molecule has 2 aromatic rings. The lowest BCUT2D eigenvalue weighted by Crippen LogP contribution is -2.43. The van der Waals surface area contributed by atoms with Crippen LogP contribution in [0, 0.1) is 11.8 Å². The highest BCUT2D eigenvalue weighted by Gasteiger charge is 2.27. The van der Waals surface area contributed by atoms with E-state index in [9.17, 15) is 19.2 Å². The van der Waals surface area contributed by atoms with Gasteiger partial charge in [0.25, 0.3) is 5.56 Å². The Labute approximate surface area is 199 Å². The molecule has 0 saturated carbocycles. The van der Waals surface area contributed by atoms with Gasteiger partial charge in [-0.1, -0.05) is 45.9 Å². The number of H-pyrrole nitrogens is 1. The van der Waals surface area contributed by atoms with Crippen LogP contribution in [0.15, 0.2) is 33.9 Å². The van der Waals surface area contributed by atoms with E-state index < -0.39 is 11.2 Å². The van der Waals surface area contributed by atoms with Gasteiger partial charge in [0.2, 0.25) is 11.8 Å². The molecule has 2 amide bonds. The maximum absolute atomic E-state index is 13.3. The third-order valence-electron chi connectivity index (χ3n) is 5.84. The Balaban J connectivity index is 1.85. The number of hydrogen-bond acceptors (Lipinski definition) is 5. The summed E-state index contributed by atoms with van der Waals surface area (Å²) in [6.45, 7) is 8.87. The van der Waals surface area contributed by atoms with E-state index in [1.54, 1.807) is 4.90 Å². The number of aryl methyl sites for hydroxylation is 1. The van der Waals surface area contributed by atoms with Crippen molar-refractivity contribution in [1.82, 2.24) is 9.55 Å². The fourth-order valence-corrected chi connectivity index (χ4v) is 4.34. The van der Waals surface area contributed by atoms with Crippen molar-refractivity contribution in [2.45, 2.75) is 59.9 Å². The highest BCUT2D eigenvalue weighted by atomic mass is 16.2. The summed E-state index contributed by atoms with van der Waals surface area (Å²) in [4.78, 5) is 56.7. The Morgan fingerprint density at radius 2 is 1.79 bits per heavy atom. The van der Waals surface area contributed by atoms with Gasteiger partial charge >= 0.3 is 5.69 Å². The largest absolute Gasteiger partial charge is 0.383 e. The van der Waals surface area contributed by atoms with Crippen LogP contribution in [0.5, 0.6) is 0 Å². The van der Waals surface area contributed by atoms with E-state index in [2.05, 4.69) is 4.98 Å². The molecule has 0 saturated heterocycles. The number of hydrogen-bond donors (Lipinski definition) is 2. The molecule has 1 aromatic carbocycles. The average Bonchev–Trinajstić information content (AvgIpc) is 2.78. The minimum atomic E-state index is -0.701. The second-order valence-corrected chi connectivity index (χ2v) is 9.67. The topological polar surface area (TPSA) is 121 Å². The number of nitrogens with zero attached hydrogens (tertiary/aromatic N) is 3. The SMILES string of the molecule is CC(C)CN(C(=O)CCC(=O)N1CCCc2ccccc21)c1c(N)n(CC(C)C)c(=O)[nH]c1=O. The zero-order valence-corrected chi connectivity index (χ0v) is 20.5. The maximum Gasteiger partial charge on any atom is 0.330 e. The zero-order valence-electron chi connectivity index (χ0n) is 20.5. The quantitative estimate of drug-likeness (QED) is 0.615. The first kappa shape index (κ1) is 25.3. The molecule has 0 fully saturated rings. The van der Waals surface area contributed by atoms with Crippen molar-refractivity contribution in [2.24, 2.45) is 11.8 Å². The maximum atomic E-state index is 13.3. The molecule has 34 heavy (non-hydrogen) atoms. The van der Waals surface area contributed by atoms with Crippen LogP contribution in [0.2, 0.25) is 0 Å². The second kappa shape index (κ2) is 10.7. The van der Waals surface area contributed by atoms with E-state index >= 15 is 0 Å². The molecule has 0 radical (unpaired) electrons. The summed E-state index contributed by atoms with van der Waals surface area (Å²) in [6, 6.07) is 7.81. The molecule has 1 aliphatic rings. The Morgan fingerprint density at radius 3 is 2.47 bits per heavy atom. The van der Waals surface area contributed by atoms with Crippen LogP contribution in [0.3, 0.4) is 0 Å². The molecule has 0 spiro atoms.